The molecule has 0 saturated carbocycles. The third-order valence-electron chi connectivity index (χ3n) is 4.36. The number of nitrogens with one attached hydrogen (secondary N) is 1. The number of aromatic nitrogens is 2. The molecule has 6 heteroatoms. The molecule has 25 heavy (non-hydrogen) atoms. The van der Waals surface area contributed by atoms with Crippen LogP contribution in [0.5, 0.6) is 0 Å². The van der Waals surface area contributed by atoms with Crippen LogP contribution in [0.1, 0.15) is 36.0 Å². The van der Waals surface area contributed by atoms with Crippen LogP contribution in [0.25, 0.3) is 0 Å². The van der Waals surface area contributed by atoms with E-state index < -0.39 is 0 Å². The van der Waals surface area contributed by atoms with Crippen molar-refractivity contribution in [3.63, 3.8) is 0 Å². The normalized spacial score (nSPS) is 17.7. The molecule has 130 valence electrons. The van der Waals surface area contributed by atoms with E-state index in [1.165, 1.54) is 0 Å². The van der Waals surface area contributed by atoms with Gasteiger partial charge in [0, 0.05) is 31.4 Å². The molecule has 1 atom stereocenters. The van der Waals surface area contributed by atoms with Gasteiger partial charge in [0.25, 0.3) is 0 Å². The largest absolute Gasteiger partial charge is 0.354 e. The molecule has 2 amide bonds. The summed E-state index contributed by atoms with van der Waals surface area (Å²) in [6.45, 7) is 2.84. The van der Waals surface area contributed by atoms with E-state index in [1.807, 2.05) is 48.2 Å². The van der Waals surface area contributed by atoms with Gasteiger partial charge in [-0.3, -0.25) is 9.59 Å². The summed E-state index contributed by atoms with van der Waals surface area (Å²) in [5, 5.41) is 2.86. The summed E-state index contributed by atoms with van der Waals surface area (Å²) in [5.74, 6) is 0.730. The summed E-state index contributed by atoms with van der Waals surface area (Å²) in [7, 11) is 0. The number of carbonyl (C=O) groups is 2. The molecular formula is C19H22N4O2. The van der Waals surface area contributed by atoms with Gasteiger partial charge in [-0.1, -0.05) is 30.3 Å². The molecule has 0 spiro atoms. The summed E-state index contributed by atoms with van der Waals surface area (Å²) < 4.78 is 0. The van der Waals surface area contributed by atoms with Gasteiger partial charge in [0.15, 0.2) is 0 Å². The maximum atomic E-state index is 12.8. The molecule has 0 bridgehead atoms. The molecule has 1 N–H and O–H groups in total. The lowest BCUT2D eigenvalue weighted by atomic mass is 10.0. The molecule has 6 nitrogen and oxygen atoms in total. The molecule has 3 rings (SSSR count). The zero-order valence-electron chi connectivity index (χ0n) is 14.3. The molecule has 2 aromatic rings. The highest BCUT2D eigenvalue weighted by atomic mass is 16.2. The van der Waals surface area contributed by atoms with Crippen molar-refractivity contribution in [3.05, 3.63) is 59.7 Å². The van der Waals surface area contributed by atoms with Gasteiger partial charge in [-0.05, 0) is 25.0 Å². The van der Waals surface area contributed by atoms with Gasteiger partial charge in [-0.2, -0.15) is 0 Å². The number of rotatable bonds is 4. The van der Waals surface area contributed by atoms with Crippen LogP contribution in [0.15, 0.2) is 42.6 Å². The minimum absolute atomic E-state index is 0.0180. The minimum Gasteiger partial charge on any atom is -0.354 e. The Bertz CT molecular complexity index is 748. The third-order valence-corrected chi connectivity index (χ3v) is 4.36. The van der Waals surface area contributed by atoms with Crippen LogP contribution in [0.2, 0.25) is 0 Å². The Hall–Kier alpha value is -2.76. The Labute approximate surface area is 147 Å². The second-order valence-electron chi connectivity index (χ2n) is 6.16. The second-order valence-corrected chi connectivity index (χ2v) is 6.16. The van der Waals surface area contributed by atoms with E-state index in [0.717, 1.165) is 11.3 Å². The Balaban J connectivity index is 1.74. The molecule has 0 aliphatic carbocycles. The highest BCUT2D eigenvalue weighted by Gasteiger charge is 2.29. The van der Waals surface area contributed by atoms with Gasteiger partial charge >= 0.3 is 0 Å². The highest BCUT2D eigenvalue weighted by molar-refractivity contribution is 5.81. The predicted molar refractivity (Wildman–Crippen MR) is 93.6 cm³/mol. The molecule has 1 aromatic heterocycles. The fraction of sp³-hybridized carbons (Fsp3) is 0.368. The van der Waals surface area contributed by atoms with E-state index in [-0.39, 0.29) is 17.9 Å². The SMILES string of the molecule is Cc1nccc(CCC(=O)N2CCNC(=O)CC2c2ccccc2)n1. The zero-order chi connectivity index (χ0) is 17.6. The topological polar surface area (TPSA) is 75.2 Å². The first-order valence-corrected chi connectivity index (χ1v) is 8.53. The number of amides is 2. The molecule has 1 aromatic carbocycles. The Morgan fingerprint density at radius 2 is 2.08 bits per heavy atom. The summed E-state index contributed by atoms with van der Waals surface area (Å²) in [5.41, 5.74) is 1.85. The quantitative estimate of drug-likeness (QED) is 0.922. The standard InChI is InChI=1S/C19H22N4O2/c1-14-20-10-9-16(22-14)7-8-19(25)23-12-11-21-18(24)13-17(23)15-5-3-2-4-6-15/h2-6,9-10,17H,7-8,11-13H2,1H3,(H,21,24). The van der Waals surface area contributed by atoms with E-state index in [2.05, 4.69) is 15.3 Å². The highest BCUT2D eigenvalue weighted by Crippen LogP contribution is 2.26. The summed E-state index contributed by atoms with van der Waals surface area (Å²) in [6, 6.07) is 11.4. The fourth-order valence-corrected chi connectivity index (χ4v) is 3.12. The lowest BCUT2D eigenvalue weighted by molar-refractivity contribution is -0.133. The van der Waals surface area contributed by atoms with Crippen molar-refractivity contribution < 1.29 is 9.59 Å². The molecule has 1 saturated heterocycles. The number of carbonyl (C=O) groups excluding carboxylic acids is 2. The van der Waals surface area contributed by atoms with Gasteiger partial charge < -0.3 is 10.2 Å². The Kier molecular flexibility index (Phi) is 5.38. The Morgan fingerprint density at radius 1 is 1.28 bits per heavy atom. The fourth-order valence-electron chi connectivity index (χ4n) is 3.12. The first-order valence-electron chi connectivity index (χ1n) is 8.53. The molecule has 1 aliphatic heterocycles. The van der Waals surface area contributed by atoms with Gasteiger partial charge in [0.1, 0.15) is 5.82 Å². The van der Waals surface area contributed by atoms with Crippen LogP contribution in [-0.2, 0) is 16.0 Å². The van der Waals surface area contributed by atoms with Crippen LogP contribution in [0.4, 0.5) is 0 Å². The third kappa shape index (κ3) is 4.41. The van der Waals surface area contributed by atoms with Gasteiger partial charge in [-0.25, -0.2) is 9.97 Å². The average Bonchev–Trinajstić information content (AvgIpc) is 2.82. The van der Waals surface area contributed by atoms with Gasteiger partial charge in [0.05, 0.1) is 12.5 Å². The van der Waals surface area contributed by atoms with E-state index in [1.54, 1.807) is 6.20 Å². The first-order chi connectivity index (χ1) is 12.1. The summed E-state index contributed by atoms with van der Waals surface area (Å²) >= 11 is 0. The van der Waals surface area contributed by atoms with Gasteiger partial charge in [-0.15, -0.1) is 0 Å². The van der Waals surface area contributed by atoms with Crippen molar-refractivity contribution in [3.8, 4) is 0 Å². The zero-order valence-corrected chi connectivity index (χ0v) is 14.3. The number of nitrogens with zero attached hydrogens (tertiary/aromatic N) is 3. The van der Waals surface area contributed by atoms with Crippen molar-refractivity contribution in [2.75, 3.05) is 13.1 Å². The van der Waals surface area contributed by atoms with Crippen LogP contribution in [-0.4, -0.2) is 39.8 Å². The molecule has 0 radical (unpaired) electrons. The predicted octanol–water partition coefficient (Wildman–Crippen LogP) is 1.81. The Morgan fingerprint density at radius 3 is 2.84 bits per heavy atom. The molecule has 1 fully saturated rings. The number of benzene rings is 1. The van der Waals surface area contributed by atoms with Crippen molar-refractivity contribution in [1.29, 1.82) is 0 Å². The monoisotopic (exact) mass is 338 g/mol. The first kappa shape index (κ1) is 17.1. The lowest BCUT2D eigenvalue weighted by Crippen LogP contribution is -2.36. The second kappa shape index (κ2) is 7.88. The maximum Gasteiger partial charge on any atom is 0.223 e. The molecule has 1 aliphatic rings. The van der Waals surface area contributed by atoms with E-state index in [9.17, 15) is 9.59 Å². The molecule has 2 heterocycles. The number of hydrogen-bond donors (Lipinski definition) is 1. The smallest absolute Gasteiger partial charge is 0.223 e. The van der Waals surface area contributed by atoms with E-state index in [4.69, 9.17) is 0 Å². The van der Waals surface area contributed by atoms with Crippen LogP contribution >= 0.6 is 0 Å². The maximum absolute atomic E-state index is 12.8. The van der Waals surface area contributed by atoms with Crippen molar-refractivity contribution >= 4 is 11.8 Å². The molecular weight excluding hydrogens is 316 g/mol. The van der Waals surface area contributed by atoms with Crippen LogP contribution < -0.4 is 5.32 Å². The lowest BCUT2D eigenvalue weighted by Gasteiger charge is -2.29. The molecule has 1 unspecified atom stereocenters. The summed E-state index contributed by atoms with van der Waals surface area (Å²) in [6.07, 6.45) is 2.95. The number of hydrogen-bond acceptors (Lipinski definition) is 4. The van der Waals surface area contributed by atoms with Crippen molar-refractivity contribution in [2.45, 2.75) is 32.2 Å². The van der Waals surface area contributed by atoms with Crippen molar-refractivity contribution in [2.24, 2.45) is 0 Å². The van der Waals surface area contributed by atoms with Gasteiger partial charge in [0.2, 0.25) is 11.8 Å². The van der Waals surface area contributed by atoms with E-state index >= 15 is 0 Å². The van der Waals surface area contributed by atoms with Crippen LogP contribution in [0, 0.1) is 6.92 Å². The summed E-state index contributed by atoms with van der Waals surface area (Å²) in [4.78, 5) is 35.1. The minimum atomic E-state index is -0.219. The van der Waals surface area contributed by atoms with Crippen molar-refractivity contribution in [1.82, 2.24) is 20.2 Å². The van der Waals surface area contributed by atoms with Crippen LogP contribution in [0.3, 0.4) is 0 Å². The average molecular weight is 338 g/mol. The number of aryl methyl sites for hydroxylation is 2. The van der Waals surface area contributed by atoms with E-state index in [0.29, 0.717) is 38.2 Å².